The molecule has 0 aliphatic rings. The summed E-state index contributed by atoms with van der Waals surface area (Å²) >= 11 is 18.8. The van der Waals surface area contributed by atoms with Crippen LogP contribution in [0, 0.1) is 6.57 Å². The number of hydrogen-bond donors (Lipinski definition) is 1. The van der Waals surface area contributed by atoms with Crippen LogP contribution < -0.4 is 4.74 Å². The summed E-state index contributed by atoms with van der Waals surface area (Å²) < 4.78 is 7.64. The van der Waals surface area contributed by atoms with Crippen molar-refractivity contribution < 1.29 is 4.74 Å². The van der Waals surface area contributed by atoms with Gasteiger partial charge in [-0.15, -0.1) is 5.10 Å². The van der Waals surface area contributed by atoms with Gasteiger partial charge in [-0.1, -0.05) is 40.0 Å². The summed E-state index contributed by atoms with van der Waals surface area (Å²) in [4.78, 5) is 7.61. The highest BCUT2D eigenvalue weighted by atomic mass is 35.5. The summed E-state index contributed by atoms with van der Waals surface area (Å²) in [6.45, 7) is 7.61. The Morgan fingerprint density at radius 1 is 1.16 bits per heavy atom. The van der Waals surface area contributed by atoms with Crippen LogP contribution in [0.15, 0.2) is 42.6 Å². The zero-order valence-corrected chi connectivity index (χ0v) is 17.7. The lowest BCUT2D eigenvalue weighted by molar-refractivity contribution is 0.488. The van der Waals surface area contributed by atoms with Crippen molar-refractivity contribution in [3.63, 3.8) is 0 Å². The number of aromatic nitrogens is 6. The summed E-state index contributed by atoms with van der Waals surface area (Å²) in [6.07, 6.45) is 1.70. The number of hydrogen-bond acceptors (Lipinski definition) is 5. The molecule has 0 radical (unpaired) electrons. The van der Waals surface area contributed by atoms with Crippen molar-refractivity contribution in [3.8, 4) is 11.5 Å². The van der Waals surface area contributed by atoms with E-state index in [4.69, 9.17) is 46.1 Å². The van der Waals surface area contributed by atoms with E-state index in [0.717, 1.165) is 11.1 Å². The molecule has 2 aromatic carbocycles. The van der Waals surface area contributed by atoms with Crippen LogP contribution in [0.4, 0.5) is 5.69 Å². The van der Waals surface area contributed by atoms with E-state index in [1.165, 1.54) is 12.1 Å². The fraction of sp³-hybridized carbons (Fsp3) is 0.0500. The van der Waals surface area contributed by atoms with Crippen molar-refractivity contribution in [1.29, 1.82) is 0 Å². The number of nitrogens with zero attached hydrogens (tertiary/aromatic N) is 6. The molecule has 0 saturated carbocycles. The predicted octanol–water partition coefficient (Wildman–Crippen LogP) is 6.05. The number of ether oxygens (including phenoxy) is 1. The first-order valence-corrected chi connectivity index (χ1v) is 10.0. The lowest BCUT2D eigenvalue weighted by Crippen LogP contribution is -2.02. The van der Waals surface area contributed by atoms with Gasteiger partial charge in [0.05, 0.1) is 34.4 Å². The highest BCUT2D eigenvalue weighted by molar-refractivity contribution is 6.37. The Morgan fingerprint density at radius 3 is 2.87 bits per heavy atom. The van der Waals surface area contributed by atoms with Crippen LogP contribution in [-0.4, -0.2) is 30.2 Å². The number of pyridine rings is 1. The second-order valence-corrected chi connectivity index (χ2v) is 7.73. The van der Waals surface area contributed by atoms with Crippen LogP contribution in [0.2, 0.25) is 15.1 Å². The Kier molecular flexibility index (Phi) is 4.87. The maximum Gasteiger partial charge on any atom is 0.210 e. The maximum absolute atomic E-state index is 7.25. The van der Waals surface area contributed by atoms with Gasteiger partial charge in [0.25, 0.3) is 0 Å². The van der Waals surface area contributed by atoms with Gasteiger partial charge in [-0.05, 0) is 36.4 Å². The molecule has 3 aromatic heterocycles. The molecule has 0 amide bonds. The zero-order valence-electron chi connectivity index (χ0n) is 15.5. The molecule has 5 rings (SSSR count). The molecule has 0 saturated heterocycles. The lowest BCUT2D eigenvalue weighted by atomic mass is 10.2. The summed E-state index contributed by atoms with van der Waals surface area (Å²) in [5.74, 6) is 0.465. The standard InChI is InChI=1S/C20H10Cl3N7O/c1-24-13-7-10(21)8-16(17(13)23)31-19-12(22)4-5-15-18(19)27-29-30(15)9-14-11-3-2-6-25-20(11)28-26-14/h2-8H,9H2,(H,25,26,28). The largest absolute Gasteiger partial charge is 0.453 e. The van der Waals surface area contributed by atoms with Crippen molar-refractivity contribution in [2.24, 2.45) is 0 Å². The second-order valence-electron chi connectivity index (χ2n) is 6.51. The molecule has 0 bridgehead atoms. The van der Waals surface area contributed by atoms with E-state index in [1.54, 1.807) is 23.0 Å². The number of rotatable bonds is 4. The molecule has 8 nitrogen and oxygen atoms in total. The van der Waals surface area contributed by atoms with Gasteiger partial charge in [-0.2, -0.15) is 5.10 Å². The molecule has 5 aromatic rings. The molecule has 11 heteroatoms. The average Bonchev–Trinajstić information content (AvgIpc) is 3.37. The van der Waals surface area contributed by atoms with Crippen LogP contribution >= 0.6 is 34.8 Å². The van der Waals surface area contributed by atoms with E-state index in [-0.39, 0.29) is 22.2 Å². The van der Waals surface area contributed by atoms with Crippen molar-refractivity contribution >= 4 is 62.6 Å². The lowest BCUT2D eigenvalue weighted by Gasteiger charge is -2.11. The Balaban J connectivity index is 1.57. The monoisotopic (exact) mass is 469 g/mol. The number of H-pyrrole nitrogens is 1. The van der Waals surface area contributed by atoms with Crippen molar-refractivity contribution in [1.82, 2.24) is 30.2 Å². The Hall–Kier alpha value is -3.38. The van der Waals surface area contributed by atoms with Crippen LogP contribution in [-0.2, 0) is 6.54 Å². The minimum Gasteiger partial charge on any atom is -0.453 e. The number of aromatic amines is 1. The van der Waals surface area contributed by atoms with Gasteiger partial charge in [0.15, 0.2) is 16.9 Å². The van der Waals surface area contributed by atoms with Crippen LogP contribution in [0.25, 0.3) is 26.9 Å². The second kappa shape index (κ2) is 7.71. The van der Waals surface area contributed by atoms with Gasteiger partial charge in [0.2, 0.25) is 5.69 Å². The summed E-state index contributed by atoms with van der Waals surface area (Å²) in [6, 6.07) is 10.2. The molecular weight excluding hydrogens is 461 g/mol. The number of benzene rings is 2. The third-order valence-corrected chi connectivity index (χ3v) is 5.52. The molecule has 0 aliphatic heterocycles. The third kappa shape index (κ3) is 3.43. The van der Waals surface area contributed by atoms with Gasteiger partial charge in [-0.25, -0.2) is 14.5 Å². The number of halogens is 3. The fourth-order valence-electron chi connectivity index (χ4n) is 3.19. The Bertz CT molecular complexity index is 1500. The van der Waals surface area contributed by atoms with E-state index >= 15 is 0 Å². The first-order chi connectivity index (χ1) is 15.0. The molecule has 0 atom stereocenters. The van der Waals surface area contributed by atoms with Gasteiger partial charge in [0, 0.05) is 16.6 Å². The Morgan fingerprint density at radius 2 is 2.03 bits per heavy atom. The molecule has 1 N–H and O–H groups in total. The highest BCUT2D eigenvalue weighted by Gasteiger charge is 2.19. The van der Waals surface area contributed by atoms with E-state index in [9.17, 15) is 0 Å². The van der Waals surface area contributed by atoms with Crippen molar-refractivity contribution in [2.75, 3.05) is 0 Å². The number of nitrogens with one attached hydrogen (secondary N) is 1. The van der Waals surface area contributed by atoms with Crippen LogP contribution in [0.5, 0.6) is 11.5 Å². The number of fused-ring (bicyclic) bond motifs is 2. The van der Waals surface area contributed by atoms with E-state index < -0.39 is 0 Å². The zero-order chi connectivity index (χ0) is 21.5. The van der Waals surface area contributed by atoms with Crippen molar-refractivity contribution in [3.05, 3.63) is 74.8 Å². The molecule has 3 heterocycles. The van der Waals surface area contributed by atoms with E-state index in [1.807, 2.05) is 12.1 Å². The predicted molar refractivity (Wildman–Crippen MR) is 118 cm³/mol. The molecule has 31 heavy (non-hydrogen) atoms. The third-order valence-electron chi connectivity index (χ3n) is 4.63. The van der Waals surface area contributed by atoms with E-state index in [0.29, 0.717) is 33.3 Å². The fourth-order valence-corrected chi connectivity index (χ4v) is 3.77. The highest BCUT2D eigenvalue weighted by Crippen LogP contribution is 2.43. The molecule has 0 aliphatic carbocycles. The van der Waals surface area contributed by atoms with Crippen molar-refractivity contribution in [2.45, 2.75) is 6.54 Å². The molecule has 0 fully saturated rings. The summed E-state index contributed by atoms with van der Waals surface area (Å²) in [5, 5.41) is 17.4. The van der Waals surface area contributed by atoms with Gasteiger partial charge in [-0.3, -0.25) is 5.10 Å². The van der Waals surface area contributed by atoms with Gasteiger partial charge >= 0.3 is 0 Å². The minimum atomic E-state index is 0.135. The minimum absolute atomic E-state index is 0.135. The topological polar surface area (TPSA) is 85.9 Å². The molecule has 152 valence electrons. The summed E-state index contributed by atoms with van der Waals surface area (Å²) in [7, 11) is 0. The Labute approximate surface area is 190 Å². The normalized spacial score (nSPS) is 11.2. The smallest absolute Gasteiger partial charge is 0.210 e. The van der Waals surface area contributed by atoms with Crippen LogP contribution in [0.1, 0.15) is 5.69 Å². The average molecular weight is 471 g/mol. The van der Waals surface area contributed by atoms with E-state index in [2.05, 4.69) is 30.3 Å². The maximum atomic E-state index is 7.25. The molecular formula is C20H10Cl3N7O. The molecule has 0 spiro atoms. The van der Waals surface area contributed by atoms with Gasteiger partial charge < -0.3 is 4.74 Å². The SMILES string of the molecule is [C-]#[N+]c1cc(Cl)cc(Oc2c(Cl)ccc3c2nnn3Cc2n[nH]c3ncccc23)c1Cl. The quantitative estimate of drug-likeness (QED) is 0.323. The van der Waals surface area contributed by atoms with Gasteiger partial charge in [0.1, 0.15) is 5.75 Å². The first kappa shape index (κ1) is 19.6. The molecule has 0 unspecified atom stereocenters. The summed E-state index contributed by atoms with van der Waals surface area (Å²) in [5.41, 5.74) is 2.76. The first-order valence-electron chi connectivity index (χ1n) is 8.89. The van der Waals surface area contributed by atoms with Crippen LogP contribution in [0.3, 0.4) is 0 Å².